The van der Waals surface area contributed by atoms with Crippen LogP contribution in [0, 0.1) is 5.82 Å². The molecule has 1 aromatic carbocycles. The zero-order chi connectivity index (χ0) is 14.7. The van der Waals surface area contributed by atoms with Gasteiger partial charge in [0.25, 0.3) is 0 Å². The van der Waals surface area contributed by atoms with E-state index in [1.165, 1.54) is 37.6 Å². The van der Waals surface area contributed by atoms with Crippen LogP contribution in [0.4, 0.5) is 4.39 Å². The van der Waals surface area contributed by atoms with Crippen LogP contribution in [0.2, 0.25) is 0 Å². The summed E-state index contributed by atoms with van der Waals surface area (Å²) in [7, 11) is 1.19. The molecule has 5 nitrogen and oxygen atoms in total. The average Bonchev–Trinajstić information content (AvgIpc) is 2.46. The number of carboxylic acid groups (broad SMARTS) is 1. The van der Waals surface area contributed by atoms with Crippen LogP contribution in [0.5, 0.6) is 0 Å². The highest BCUT2D eigenvalue weighted by Crippen LogP contribution is 2.26. The molecule has 0 bridgehead atoms. The van der Waals surface area contributed by atoms with E-state index >= 15 is 0 Å². The number of hydrogen-bond donors (Lipinski definition) is 1. The number of ether oxygens (including phenoxy) is 1. The molecule has 0 saturated carbocycles. The van der Waals surface area contributed by atoms with Crippen molar-refractivity contribution >= 4 is 11.9 Å². The van der Waals surface area contributed by atoms with E-state index in [2.05, 4.69) is 9.72 Å². The fourth-order valence-corrected chi connectivity index (χ4v) is 1.77. The Kier molecular flexibility index (Phi) is 3.74. The monoisotopic (exact) mass is 275 g/mol. The SMILES string of the molecule is COC(=O)c1ccc(-c2cccnc2C(=O)O)c(F)c1. The molecule has 0 amide bonds. The van der Waals surface area contributed by atoms with Gasteiger partial charge in [-0.25, -0.2) is 19.0 Å². The first kappa shape index (κ1) is 13.7. The van der Waals surface area contributed by atoms with Gasteiger partial charge < -0.3 is 9.84 Å². The highest BCUT2D eigenvalue weighted by atomic mass is 19.1. The van der Waals surface area contributed by atoms with E-state index in [-0.39, 0.29) is 22.4 Å². The minimum Gasteiger partial charge on any atom is -0.476 e. The van der Waals surface area contributed by atoms with E-state index in [0.29, 0.717) is 0 Å². The Bertz CT molecular complexity index is 685. The van der Waals surface area contributed by atoms with Crippen LogP contribution < -0.4 is 0 Å². The van der Waals surface area contributed by atoms with E-state index in [1.807, 2.05) is 0 Å². The molecule has 0 unspecified atom stereocenters. The third-order valence-electron chi connectivity index (χ3n) is 2.69. The fraction of sp³-hybridized carbons (Fsp3) is 0.0714. The Hall–Kier alpha value is -2.76. The first-order valence-electron chi connectivity index (χ1n) is 5.61. The van der Waals surface area contributed by atoms with Gasteiger partial charge in [0.1, 0.15) is 5.82 Å². The van der Waals surface area contributed by atoms with Crippen molar-refractivity contribution in [2.75, 3.05) is 7.11 Å². The summed E-state index contributed by atoms with van der Waals surface area (Å²) in [5, 5.41) is 9.04. The number of methoxy groups -OCH3 is 1. The van der Waals surface area contributed by atoms with Gasteiger partial charge in [-0.3, -0.25) is 0 Å². The fourth-order valence-electron chi connectivity index (χ4n) is 1.77. The number of pyridine rings is 1. The molecule has 1 aromatic heterocycles. The van der Waals surface area contributed by atoms with E-state index in [0.717, 1.165) is 6.07 Å². The number of halogens is 1. The molecule has 0 saturated heterocycles. The van der Waals surface area contributed by atoms with Crippen molar-refractivity contribution in [3.8, 4) is 11.1 Å². The molecule has 0 aliphatic heterocycles. The Balaban J connectivity index is 2.55. The molecule has 0 atom stereocenters. The normalized spacial score (nSPS) is 10.1. The lowest BCUT2D eigenvalue weighted by atomic mass is 10.0. The maximum Gasteiger partial charge on any atom is 0.355 e. The van der Waals surface area contributed by atoms with E-state index in [4.69, 9.17) is 5.11 Å². The highest BCUT2D eigenvalue weighted by Gasteiger charge is 2.17. The summed E-state index contributed by atoms with van der Waals surface area (Å²) in [6.45, 7) is 0. The highest BCUT2D eigenvalue weighted by molar-refractivity contribution is 5.95. The maximum absolute atomic E-state index is 14.0. The number of esters is 1. The van der Waals surface area contributed by atoms with Crippen LogP contribution in [-0.4, -0.2) is 29.1 Å². The number of hydrogen-bond acceptors (Lipinski definition) is 4. The smallest absolute Gasteiger partial charge is 0.355 e. The second-order valence-corrected chi connectivity index (χ2v) is 3.89. The van der Waals surface area contributed by atoms with Gasteiger partial charge in [0.2, 0.25) is 0 Å². The van der Waals surface area contributed by atoms with Crippen molar-refractivity contribution < 1.29 is 23.8 Å². The van der Waals surface area contributed by atoms with E-state index in [1.54, 1.807) is 0 Å². The number of benzene rings is 1. The summed E-state index contributed by atoms with van der Waals surface area (Å²) >= 11 is 0. The summed E-state index contributed by atoms with van der Waals surface area (Å²) < 4.78 is 18.5. The van der Waals surface area contributed by atoms with Gasteiger partial charge >= 0.3 is 11.9 Å². The van der Waals surface area contributed by atoms with Crippen LogP contribution in [0.15, 0.2) is 36.5 Å². The van der Waals surface area contributed by atoms with Crippen molar-refractivity contribution in [3.05, 3.63) is 53.6 Å². The largest absolute Gasteiger partial charge is 0.476 e. The average molecular weight is 275 g/mol. The molecule has 6 heteroatoms. The number of nitrogens with zero attached hydrogens (tertiary/aromatic N) is 1. The molecule has 0 aliphatic rings. The Labute approximate surface area is 113 Å². The Morgan fingerprint density at radius 2 is 2.00 bits per heavy atom. The minimum atomic E-state index is -1.25. The molecule has 0 fully saturated rings. The topological polar surface area (TPSA) is 76.5 Å². The number of carbonyl (C=O) groups excluding carboxylic acids is 1. The second kappa shape index (κ2) is 5.48. The van der Waals surface area contributed by atoms with Crippen molar-refractivity contribution in [1.82, 2.24) is 4.98 Å². The van der Waals surface area contributed by atoms with Gasteiger partial charge in [0, 0.05) is 17.3 Å². The molecule has 20 heavy (non-hydrogen) atoms. The van der Waals surface area contributed by atoms with Crippen LogP contribution in [0.1, 0.15) is 20.8 Å². The molecule has 1 heterocycles. The molecule has 0 aliphatic carbocycles. The quantitative estimate of drug-likeness (QED) is 0.870. The number of aromatic nitrogens is 1. The zero-order valence-corrected chi connectivity index (χ0v) is 10.5. The molecule has 2 rings (SSSR count). The number of carbonyl (C=O) groups is 2. The minimum absolute atomic E-state index is 0.0505. The van der Waals surface area contributed by atoms with Gasteiger partial charge in [-0.15, -0.1) is 0 Å². The van der Waals surface area contributed by atoms with Crippen molar-refractivity contribution in [3.63, 3.8) is 0 Å². The molecule has 2 aromatic rings. The third kappa shape index (κ3) is 2.49. The summed E-state index contributed by atoms with van der Waals surface area (Å²) in [5.41, 5.74) is 0.00352. The zero-order valence-electron chi connectivity index (χ0n) is 10.5. The lowest BCUT2D eigenvalue weighted by Gasteiger charge is -2.07. The summed E-state index contributed by atoms with van der Waals surface area (Å²) in [4.78, 5) is 26.1. The lowest BCUT2D eigenvalue weighted by molar-refractivity contribution is 0.0599. The number of rotatable bonds is 3. The summed E-state index contributed by atoms with van der Waals surface area (Å²) in [5.74, 6) is -2.64. The molecular weight excluding hydrogens is 265 g/mol. The third-order valence-corrected chi connectivity index (χ3v) is 2.69. The van der Waals surface area contributed by atoms with Gasteiger partial charge in [-0.05, 0) is 18.2 Å². The van der Waals surface area contributed by atoms with Crippen molar-refractivity contribution in [1.29, 1.82) is 0 Å². The lowest BCUT2D eigenvalue weighted by Crippen LogP contribution is -2.05. The van der Waals surface area contributed by atoms with E-state index in [9.17, 15) is 14.0 Å². The predicted molar refractivity (Wildman–Crippen MR) is 67.9 cm³/mol. The van der Waals surface area contributed by atoms with Gasteiger partial charge in [0.05, 0.1) is 12.7 Å². The van der Waals surface area contributed by atoms with Gasteiger partial charge in [0.15, 0.2) is 5.69 Å². The number of aromatic carboxylic acids is 1. The summed E-state index contributed by atoms with van der Waals surface area (Å²) in [6, 6.07) is 6.65. The Morgan fingerprint density at radius 3 is 2.60 bits per heavy atom. The molecule has 0 spiro atoms. The predicted octanol–water partition coefficient (Wildman–Crippen LogP) is 2.37. The Morgan fingerprint density at radius 1 is 1.25 bits per heavy atom. The molecule has 0 radical (unpaired) electrons. The van der Waals surface area contributed by atoms with E-state index < -0.39 is 17.8 Å². The first-order valence-corrected chi connectivity index (χ1v) is 5.61. The molecule has 102 valence electrons. The van der Waals surface area contributed by atoms with Gasteiger partial charge in [-0.2, -0.15) is 0 Å². The first-order chi connectivity index (χ1) is 9.54. The van der Waals surface area contributed by atoms with Crippen LogP contribution in [-0.2, 0) is 4.74 Å². The summed E-state index contributed by atoms with van der Waals surface area (Å²) in [6.07, 6.45) is 1.31. The standard InChI is InChI=1S/C14H10FNO4/c1-20-14(19)8-4-5-9(11(15)7-8)10-3-2-6-16-12(10)13(17)18/h2-7H,1H3,(H,17,18). The van der Waals surface area contributed by atoms with Gasteiger partial charge in [-0.1, -0.05) is 12.1 Å². The van der Waals surface area contributed by atoms with Crippen LogP contribution >= 0.6 is 0 Å². The number of carboxylic acids is 1. The molecular formula is C14H10FNO4. The second-order valence-electron chi connectivity index (χ2n) is 3.89. The molecule has 1 N–H and O–H groups in total. The van der Waals surface area contributed by atoms with Crippen LogP contribution in [0.3, 0.4) is 0 Å². The maximum atomic E-state index is 14.0. The van der Waals surface area contributed by atoms with Crippen LogP contribution in [0.25, 0.3) is 11.1 Å². The van der Waals surface area contributed by atoms with Crippen molar-refractivity contribution in [2.24, 2.45) is 0 Å². The van der Waals surface area contributed by atoms with Crippen molar-refractivity contribution in [2.45, 2.75) is 0 Å².